The maximum absolute atomic E-state index is 9.79. The van der Waals surface area contributed by atoms with Gasteiger partial charge in [0.05, 0.1) is 11.7 Å². The number of aldehydes is 1. The van der Waals surface area contributed by atoms with Crippen molar-refractivity contribution in [3.63, 3.8) is 0 Å². The lowest BCUT2D eigenvalue weighted by Crippen LogP contribution is -2.09. The smallest absolute Gasteiger partial charge is 0.358 e. The van der Waals surface area contributed by atoms with Gasteiger partial charge in [-0.3, -0.25) is 0 Å². The van der Waals surface area contributed by atoms with Crippen LogP contribution in [0.15, 0.2) is 30.4 Å². The van der Waals surface area contributed by atoms with E-state index in [0.29, 0.717) is 16.9 Å². The van der Waals surface area contributed by atoms with E-state index < -0.39 is 12.2 Å². The molecule has 0 radical (unpaired) electrons. The first-order chi connectivity index (χ1) is 7.24. The molecule has 0 aromatic heterocycles. The lowest BCUT2D eigenvalue weighted by atomic mass is 9.92. The summed E-state index contributed by atoms with van der Waals surface area (Å²) in [5.74, 6) is 0.589. The van der Waals surface area contributed by atoms with Crippen molar-refractivity contribution >= 4 is 6.29 Å². The fourth-order valence-corrected chi connectivity index (χ4v) is 1.78. The van der Waals surface area contributed by atoms with Crippen molar-refractivity contribution in [2.75, 3.05) is 0 Å². The van der Waals surface area contributed by atoms with Gasteiger partial charge in [-0.15, -0.1) is 0 Å². The van der Waals surface area contributed by atoms with Gasteiger partial charge < -0.3 is 10.2 Å². The summed E-state index contributed by atoms with van der Waals surface area (Å²) >= 11 is 0. The quantitative estimate of drug-likeness (QED) is 0.417. The van der Waals surface area contributed by atoms with E-state index in [1.807, 2.05) is 0 Å². The van der Waals surface area contributed by atoms with Crippen LogP contribution in [0.25, 0.3) is 0 Å². The van der Waals surface area contributed by atoms with Crippen molar-refractivity contribution in [1.29, 1.82) is 0 Å². The minimum absolute atomic E-state index is 0.589. The first-order valence-electron chi connectivity index (χ1n) is 4.85. The SMILES string of the molecule is CC=[O+]c1cccc2c1C(O)C=CC2O. The number of hydrogen-bond donors (Lipinski definition) is 2. The Morgan fingerprint density at radius 2 is 1.93 bits per heavy atom. The largest absolute Gasteiger partial charge is 0.384 e. The van der Waals surface area contributed by atoms with Crippen LogP contribution in [0, 0.1) is 0 Å². The lowest BCUT2D eigenvalue weighted by molar-refractivity contribution is -0.362. The monoisotopic (exact) mass is 205 g/mol. The summed E-state index contributed by atoms with van der Waals surface area (Å²) in [6.45, 7) is 1.76. The zero-order valence-corrected chi connectivity index (χ0v) is 8.42. The average molecular weight is 205 g/mol. The molecule has 2 atom stereocenters. The first kappa shape index (κ1) is 10.1. The third-order valence-electron chi connectivity index (χ3n) is 2.43. The van der Waals surface area contributed by atoms with Gasteiger partial charge in [0.15, 0.2) is 0 Å². The van der Waals surface area contributed by atoms with Crippen LogP contribution in [0.1, 0.15) is 30.3 Å². The van der Waals surface area contributed by atoms with Crippen molar-refractivity contribution in [2.24, 2.45) is 0 Å². The Kier molecular flexibility index (Phi) is 2.66. The molecule has 0 heterocycles. The van der Waals surface area contributed by atoms with Crippen molar-refractivity contribution in [3.05, 3.63) is 41.5 Å². The summed E-state index contributed by atoms with van der Waals surface area (Å²) < 4.78 is 5.29. The number of aliphatic hydroxyl groups excluding tert-OH is 2. The second kappa shape index (κ2) is 3.96. The molecule has 0 saturated carbocycles. The van der Waals surface area contributed by atoms with Crippen LogP contribution in [0.3, 0.4) is 0 Å². The summed E-state index contributed by atoms with van der Waals surface area (Å²) in [5, 5.41) is 19.5. The number of fused-ring (bicyclic) bond motifs is 1. The van der Waals surface area contributed by atoms with Gasteiger partial charge in [0.2, 0.25) is 0 Å². The molecular weight excluding hydrogens is 192 g/mol. The van der Waals surface area contributed by atoms with E-state index in [0.717, 1.165) is 0 Å². The van der Waals surface area contributed by atoms with E-state index in [1.165, 1.54) is 0 Å². The molecule has 0 aliphatic heterocycles. The zero-order valence-electron chi connectivity index (χ0n) is 8.42. The Morgan fingerprint density at radius 3 is 2.67 bits per heavy atom. The molecule has 2 N–H and O–H groups in total. The molecule has 2 rings (SSSR count). The maximum Gasteiger partial charge on any atom is 0.358 e. The van der Waals surface area contributed by atoms with E-state index in [1.54, 1.807) is 43.6 Å². The molecule has 15 heavy (non-hydrogen) atoms. The molecule has 1 aromatic carbocycles. The summed E-state index contributed by atoms with van der Waals surface area (Å²) in [6.07, 6.45) is 3.32. The van der Waals surface area contributed by atoms with E-state index in [9.17, 15) is 10.2 Å². The van der Waals surface area contributed by atoms with Gasteiger partial charge in [-0.25, -0.2) is 4.42 Å². The molecular formula is C12H13O3+. The van der Waals surface area contributed by atoms with Gasteiger partial charge >= 0.3 is 5.75 Å². The van der Waals surface area contributed by atoms with Crippen LogP contribution in [0.5, 0.6) is 5.75 Å². The molecule has 3 heteroatoms. The van der Waals surface area contributed by atoms with Gasteiger partial charge in [0.25, 0.3) is 6.29 Å². The molecule has 1 aromatic rings. The Morgan fingerprint density at radius 1 is 1.20 bits per heavy atom. The Bertz CT molecular complexity index is 421. The van der Waals surface area contributed by atoms with Crippen LogP contribution in [0.4, 0.5) is 0 Å². The first-order valence-corrected chi connectivity index (χ1v) is 4.85. The average Bonchev–Trinajstić information content (AvgIpc) is 2.24. The van der Waals surface area contributed by atoms with Crippen LogP contribution in [0.2, 0.25) is 0 Å². The predicted octanol–water partition coefficient (Wildman–Crippen LogP) is 1.79. The van der Waals surface area contributed by atoms with Crippen LogP contribution in [-0.4, -0.2) is 16.5 Å². The Balaban J connectivity index is 2.60. The molecule has 0 spiro atoms. The summed E-state index contributed by atoms with van der Waals surface area (Å²) in [6, 6.07) is 5.36. The van der Waals surface area contributed by atoms with Gasteiger partial charge in [-0.05, 0) is 5.56 Å². The minimum Gasteiger partial charge on any atom is -0.384 e. The van der Waals surface area contributed by atoms with Crippen molar-refractivity contribution in [3.8, 4) is 5.75 Å². The van der Waals surface area contributed by atoms with E-state index in [-0.39, 0.29) is 0 Å². The van der Waals surface area contributed by atoms with Gasteiger partial charge in [-0.1, -0.05) is 24.3 Å². The lowest BCUT2D eigenvalue weighted by Gasteiger charge is -2.18. The van der Waals surface area contributed by atoms with Gasteiger partial charge in [0.1, 0.15) is 6.10 Å². The third-order valence-corrected chi connectivity index (χ3v) is 2.43. The number of aliphatic hydroxyl groups is 2. The van der Waals surface area contributed by atoms with Crippen LogP contribution in [-0.2, 0) is 4.42 Å². The molecule has 0 fully saturated rings. The van der Waals surface area contributed by atoms with Crippen molar-refractivity contribution in [2.45, 2.75) is 19.1 Å². The van der Waals surface area contributed by atoms with Crippen LogP contribution < -0.4 is 0 Å². The Hall–Kier alpha value is -1.45. The number of hydrogen-bond acceptors (Lipinski definition) is 2. The van der Waals surface area contributed by atoms with E-state index in [2.05, 4.69) is 0 Å². The molecule has 1 aliphatic carbocycles. The molecule has 0 bridgehead atoms. The zero-order chi connectivity index (χ0) is 10.8. The predicted molar refractivity (Wildman–Crippen MR) is 56.7 cm³/mol. The van der Waals surface area contributed by atoms with Crippen molar-refractivity contribution in [1.82, 2.24) is 0 Å². The van der Waals surface area contributed by atoms with Crippen molar-refractivity contribution < 1.29 is 14.6 Å². The standard InChI is InChI=1S/C12H13O3/c1-2-15-11-5-3-4-8-9(13)6-7-10(14)12(8)11/h2-7,9-10,13-14H,1H3/q+1. The number of carbonyl (C=O) groups excluding carboxylic acids is 1. The minimum atomic E-state index is -0.709. The number of rotatable bonds is 1. The molecule has 1 aliphatic rings. The second-order valence-electron chi connectivity index (χ2n) is 3.39. The fraction of sp³-hybridized carbons (Fsp3) is 0.250. The molecule has 2 unspecified atom stereocenters. The highest BCUT2D eigenvalue weighted by Gasteiger charge is 2.27. The molecule has 0 saturated heterocycles. The summed E-state index contributed by atoms with van der Waals surface area (Å²) in [4.78, 5) is 0. The highest BCUT2D eigenvalue weighted by molar-refractivity contribution is 5.51. The highest BCUT2D eigenvalue weighted by Crippen LogP contribution is 2.37. The molecule has 3 nitrogen and oxygen atoms in total. The van der Waals surface area contributed by atoms with Gasteiger partial charge in [-0.2, -0.15) is 0 Å². The third kappa shape index (κ3) is 1.71. The topological polar surface area (TPSA) is 51.8 Å². The van der Waals surface area contributed by atoms with E-state index in [4.69, 9.17) is 4.42 Å². The summed E-state index contributed by atoms with van der Waals surface area (Å²) in [7, 11) is 0. The fourth-order valence-electron chi connectivity index (χ4n) is 1.78. The summed E-state index contributed by atoms with van der Waals surface area (Å²) in [5.41, 5.74) is 1.34. The maximum atomic E-state index is 9.79. The van der Waals surface area contributed by atoms with Gasteiger partial charge in [0, 0.05) is 13.0 Å². The second-order valence-corrected chi connectivity index (χ2v) is 3.39. The molecule has 78 valence electrons. The Labute approximate surface area is 88.0 Å². The van der Waals surface area contributed by atoms with E-state index >= 15 is 0 Å². The van der Waals surface area contributed by atoms with Crippen LogP contribution >= 0.6 is 0 Å². The number of benzene rings is 1. The normalized spacial score (nSPS) is 24.5. The highest BCUT2D eigenvalue weighted by atomic mass is 16.4. The molecule has 0 amide bonds.